The Labute approximate surface area is 160 Å². The number of nitrogens with zero attached hydrogens (tertiary/aromatic N) is 1. The first kappa shape index (κ1) is 17.0. The Bertz CT molecular complexity index is 852. The maximum atomic E-state index is 13.2. The first-order chi connectivity index (χ1) is 13.0. The summed E-state index contributed by atoms with van der Waals surface area (Å²) in [5.41, 5.74) is 3.25. The zero-order valence-electron chi connectivity index (χ0n) is 16.2. The van der Waals surface area contributed by atoms with Gasteiger partial charge in [0.2, 0.25) is 0 Å². The van der Waals surface area contributed by atoms with Crippen LogP contribution in [0.1, 0.15) is 61.1 Å². The standard InChI is InChI=1S/C23H27NO3/c1-15-3-5-19(6-4-15)22-9-17-8-18(10-22)12-23(11-17,14-22)21(25)26-13-20-7-16(2)27-24-20/h3-7,17-18H,8-14H2,1-2H3. The van der Waals surface area contributed by atoms with Crippen LogP contribution in [0.4, 0.5) is 0 Å². The topological polar surface area (TPSA) is 52.3 Å². The molecule has 4 nitrogen and oxygen atoms in total. The van der Waals surface area contributed by atoms with Gasteiger partial charge in [0.1, 0.15) is 18.1 Å². The molecule has 1 heterocycles. The molecule has 4 aliphatic carbocycles. The molecule has 2 unspecified atom stereocenters. The van der Waals surface area contributed by atoms with E-state index in [9.17, 15) is 4.79 Å². The lowest BCUT2D eigenvalue weighted by atomic mass is 9.43. The second kappa shape index (κ2) is 5.95. The summed E-state index contributed by atoms with van der Waals surface area (Å²) in [6, 6.07) is 10.8. The van der Waals surface area contributed by atoms with E-state index in [0.717, 1.165) is 25.0 Å². The summed E-state index contributed by atoms with van der Waals surface area (Å²) in [7, 11) is 0. The largest absolute Gasteiger partial charge is 0.459 e. The van der Waals surface area contributed by atoms with E-state index in [0.29, 0.717) is 17.5 Å². The minimum Gasteiger partial charge on any atom is -0.459 e. The monoisotopic (exact) mass is 365 g/mol. The lowest BCUT2D eigenvalue weighted by Crippen LogP contribution is -2.57. The molecule has 4 aliphatic rings. The van der Waals surface area contributed by atoms with Gasteiger partial charge in [0, 0.05) is 6.07 Å². The molecule has 0 saturated heterocycles. The summed E-state index contributed by atoms with van der Waals surface area (Å²) >= 11 is 0. The number of aryl methyl sites for hydroxylation is 2. The minimum absolute atomic E-state index is 0.0197. The summed E-state index contributed by atoms with van der Waals surface area (Å²) in [5, 5.41) is 3.95. The van der Waals surface area contributed by atoms with Crippen LogP contribution in [0, 0.1) is 31.1 Å². The smallest absolute Gasteiger partial charge is 0.312 e. The van der Waals surface area contributed by atoms with Gasteiger partial charge in [-0.2, -0.15) is 0 Å². The van der Waals surface area contributed by atoms with Crippen LogP contribution in [-0.2, 0) is 21.6 Å². The average molecular weight is 365 g/mol. The Morgan fingerprint density at radius 1 is 1.15 bits per heavy atom. The van der Waals surface area contributed by atoms with Crippen LogP contribution in [0.3, 0.4) is 0 Å². The van der Waals surface area contributed by atoms with Crippen LogP contribution in [0.15, 0.2) is 34.9 Å². The van der Waals surface area contributed by atoms with E-state index in [-0.39, 0.29) is 23.4 Å². The number of ether oxygens (including phenoxy) is 1. The van der Waals surface area contributed by atoms with Gasteiger partial charge in [-0.1, -0.05) is 35.0 Å². The highest BCUT2D eigenvalue weighted by molar-refractivity contribution is 5.78. The van der Waals surface area contributed by atoms with E-state index < -0.39 is 0 Å². The number of aromatic nitrogens is 1. The quantitative estimate of drug-likeness (QED) is 0.725. The maximum absolute atomic E-state index is 13.2. The predicted molar refractivity (Wildman–Crippen MR) is 101 cm³/mol. The molecule has 1 aromatic carbocycles. The third kappa shape index (κ3) is 2.81. The fourth-order valence-electron chi connectivity index (χ4n) is 6.52. The first-order valence-corrected chi connectivity index (χ1v) is 10.1. The summed E-state index contributed by atoms with van der Waals surface area (Å²) < 4.78 is 10.9. The van der Waals surface area contributed by atoms with Crippen LogP contribution >= 0.6 is 0 Å². The van der Waals surface area contributed by atoms with Crippen molar-refractivity contribution in [2.45, 2.75) is 64.4 Å². The van der Waals surface area contributed by atoms with E-state index in [1.165, 1.54) is 30.4 Å². The molecule has 4 bridgehead atoms. The molecule has 4 heteroatoms. The molecule has 1 aromatic heterocycles. The van der Waals surface area contributed by atoms with E-state index in [1.54, 1.807) is 0 Å². The van der Waals surface area contributed by atoms with Gasteiger partial charge in [-0.25, -0.2) is 0 Å². The Morgan fingerprint density at radius 3 is 2.48 bits per heavy atom. The minimum atomic E-state index is -0.312. The molecule has 0 N–H and O–H groups in total. The van der Waals surface area contributed by atoms with Crippen LogP contribution in [-0.4, -0.2) is 11.1 Å². The molecule has 0 amide bonds. The molecule has 0 aliphatic heterocycles. The zero-order chi connectivity index (χ0) is 18.6. The summed E-state index contributed by atoms with van der Waals surface area (Å²) in [5.74, 6) is 2.02. The molecule has 142 valence electrons. The van der Waals surface area contributed by atoms with Crippen molar-refractivity contribution in [1.82, 2.24) is 5.16 Å². The number of esters is 1. The Hall–Kier alpha value is -2.10. The van der Waals surface area contributed by atoms with Crippen molar-refractivity contribution in [1.29, 1.82) is 0 Å². The van der Waals surface area contributed by atoms with E-state index in [2.05, 4.69) is 36.3 Å². The molecule has 0 spiro atoms. The van der Waals surface area contributed by atoms with Gasteiger partial charge in [-0.05, 0) is 75.2 Å². The Kier molecular flexibility index (Phi) is 3.75. The van der Waals surface area contributed by atoms with E-state index >= 15 is 0 Å². The summed E-state index contributed by atoms with van der Waals surface area (Å²) in [6.07, 6.45) is 6.66. The highest BCUT2D eigenvalue weighted by atomic mass is 16.5. The lowest BCUT2D eigenvalue weighted by Gasteiger charge is -2.61. The number of benzene rings is 1. The van der Waals surface area contributed by atoms with Gasteiger partial charge in [0.05, 0.1) is 5.41 Å². The molecule has 2 atom stereocenters. The molecular weight excluding hydrogens is 338 g/mol. The first-order valence-electron chi connectivity index (χ1n) is 10.1. The van der Waals surface area contributed by atoms with Crippen molar-refractivity contribution in [2.24, 2.45) is 17.3 Å². The number of carbonyl (C=O) groups is 1. The SMILES string of the molecule is Cc1ccc(C23CC4CC(CC(C(=O)OCc5cc(C)on5)(C4)C2)C3)cc1. The maximum Gasteiger partial charge on any atom is 0.312 e. The second-order valence-corrected chi connectivity index (χ2v) is 9.39. The average Bonchev–Trinajstić information content (AvgIpc) is 3.04. The second-order valence-electron chi connectivity index (χ2n) is 9.39. The third-order valence-corrected chi connectivity index (χ3v) is 7.19. The zero-order valence-corrected chi connectivity index (χ0v) is 16.2. The fourth-order valence-corrected chi connectivity index (χ4v) is 6.52. The van der Waals surface area contributed by atoms with Crippen molar-refractivity contribution in [3.8, 4) is 0 Å². The van der Waals surface area contributed by atoms with Gasteiger partial charge >= 0.3 is 5.97 Å². The predicted octanol–water partition coefficient (Wildman–Crippen LogP) is 4.87. The normalized spacial score (nSPS) is 34.0. The van der Waals surface area contributed by atoms with Crippen molar-refractivity contribution < 1.29 is 14.1 Å². The number of hydrogen-bond donors (Lipinski definition) is 0. The highest BCUT2D eigenvalue weighted by Crippen LogP contribution is 2.66. The van der Waals surface area contributed by atoms with Gasteiger partial charge in [-0.15, -0.1) is 0 Å². The van der Waals surface area contributed by atoms with Crippen molar-refractivity contribution in [3.63, 3.8) is 0 Å². The summed E-state index contributed by atoms with van der Waals surface area (Å²) in [4.78, 5) is 13.2. The molecule has 4 fully saturated rings. The van der Waals surface area contributed by atoms with Gasteiger partial charge < -0.3 is 9.26 Å². The van der Waals surface area contributed by atoms with E-state index in [1.807, 2.05) is 13.0 Å². The van der Waals surface area contributed by atoms with Crippen molar-refractivity contribution in [2.75, 3.05) is 0 Å². The molecule has 6 rings (SSSR count). The number of hydrogen-bond acceptors (Lipinski definition) is 4. The highest BCUT2D eigenvalue weighted by Gasteiger charge is 2.61. The molecule has 27 heavy (non-hydrogen) atoms. The third-order valence-electron chi connectivity index (χ3n) is 7.19. The van der Waals surface area contributed by atoms with Crippen molar-refractivity contribution >= 4 is 5.97 Å². The van der Waals surface area contributed by atoms with Crippen molar-refractivity contribution in [3.05, 3.63) is 52.9 Å². The van der Waals surface area contributed by atoms with Crippen LogP contribution in [0.25, 0.3) is 0 Å². The van der Waals surface area contributed by atoms with Crippen LogP contribution in [0.5, 0.6) is 0 Å². The fraction of sp³-hybridized carbons (Fsp3) is 0.565. The van der Waals surface area contributed by atoms with Gasteiger partial charge in [-0.3, -0.25) is 4.79 Å². The molecule has 0 radical (unpaired) electrons. The van der Waals surface area contributed by atoms with Crippen LogP contribution in [0.2, 0.25) is 0 Å². The molecular formula is C23H27NO3. The van der Waals surface area contributed by atoms with Gasteiger partial charge in [0.15, 0.2) is 0 Å². The van der Waals surface area contributed by atoms with Crippen LogP contribution < -0.4 is 0 Å². The summed E-state index contributed by atoms with van der Waals surface area (Å²) in [6.45, 7) is 4.20. The van der Waals surface area contributed by atoms with Gasteiger partial charge in [0.25, 0.3) is 0 Å². The molecule has 4 saturated carbocycles. The van der Waals surface area contributed by atoms with E-state index in [4.69, 9.17) is 9.26 Å². The Balaban J connectivity index is 1.41. The number of carbonyl (C=O) groups excluding carboxylic acids is 1. The lowest BCUT2D eigenvalue weighted by molar-refractivity contribution is -0.175. The number of rotatable bonds is 4. The molecule has 2 aromatic rings. The Morgan fingerprint density at radius 2 is 1.85 bits per heavy atom.